The summed E-state index contributed by atoms with van der Waals surface area (Å²) in [7, 11) is -3.90. The Hall–Kier alpha value is -3.24. The first kappa shape index (κ1) is 29.3. The van der Waals surface area contributed by atoms with Gasteiger partial charge in [-0.1, -0.05) is 11.6 Å². The number of nitrogens with zero attached hydrogens (tertiary/aromatic N) is 3. The Balaban J connectivity index is 1.27. The van der Waals surface area contributed by atoms with Crippen LogP contribution < -0.4 is 10.2 Å². The van der Waals surface area contributed by atoms with E-state index in [-0.39, 0.29) is 64.4 Å². The van der Waals surface area contributed by atoms with Gasteiger partial charge < -0.3 is 15.3 Å². The number of carboxylic acids is 1. The van der Waals surface area contributed by atoms with Crippen LogP contribution in [0.15, 0.2) is 52.1 Å². The molecule has 5 rings (SSSR count). The number of rotatable bonds is 7. The molecule has 1 amide bonds. The summed E-state index contributed by atoms with van der Waals surface area (Å²) in [5.41, 5.74) is -1.15. The first-order valence-corrected chi connectivity index (χ1v) is 15.5. The number of aromatic carboxylic acids is 1. The molecule has 0 bridgehead atoms. The van der Waals surface area contributed by atoms with Gasteiger partial charge in [-0.25, -0.2) is 18.2 Å². The lowest BCUT2D eigenvalue weighted by atomic mass is 10.1. The van der Waals surface area contributed by atoms with Crippen molar-refractivity contribution in [3.63, 3.8) is 0 Å². The second-order valence-electron chi connectivity index (χ2n) is 8.96. The minimum absolute atomic E-state index is 0.0145. The van der Waals surface area contributed by atoms with Gasteiger partial charge in [-0.2, -0.15) is 17.5 Å². The second-order valence-corrected chi connectivity index (χ2v) is 13.6. The molecule has 3 aromatic heterocycles. The number of amides is 1. The summed E-state index contributed by atoms with van der Waals surface area (Å²) in [6, 6.07) is 10.3. The van der Waals surface area contributed by atoms with Crippen LogP contribution in [-0.2, 0) is 22.7 Å². The summed E-state index contributed by atoms with van der Waals surface area (Å²) in [5.74, 6) is -1.79. The van der Waals surface area contributed by atoms with Gasteiger partial charge in [0, 0.05) is 47.0 Å². The Morgan fingerprint density at radius 2 is 1.76 bits per heavy atom. The van der Waals surface area contributed by atoms with Gasteiger partial charge in [0.25, 0.3) is 15.9 Å². The molecule has 0 unspecified atom stereocenters. The molecule has 4 heterocycles. The normalized spacial score (nSPS) is 14.9. The van der Waals surface area contributed by atoms with Gasteiger partial charge in [-0.05, 0) is 42.5 Å². The van der Waals surface area contributed by atoms with Gasteiger partial charge in [0.2, 0.25) is 0 Å². The van der Waals surface area contributed by atoms with Gasteiger partial charge in [0.15, 0.2) is 0 Å². The van der Waals surface area contributed by atoms with E-state index in [0.717, 1.165) is 22.8 Å². The van der Waals surface area contributed by atoms with Gasteiger partial charge in [0.1, 0.15) is 10.0 Å². The Labute approximate surface area is 244 Å². The number of hydrogen-bond donors (Lipinski definition) is 2. The molecule has 0 aliphatic carbocycles. The zero-order valence-electron chi connectivity index (χ0n) is 20.8. The SMILES string of the molecule is O=C(NCc1ccc(S(=O)(=O)N2CCN(c3cc(C(F)(F)F)c4scc(C(=O)O)c4n3)CC2)s1)c1ccc(Cl)cc1. The molecular weight excluding hydrogens is 625 g/mol. The molecule has 1 saturated heterocycles. The molecule has 1 aliphatic heterocycles. The number of pyridine rings is 1. The average Bonchev–Trinajstić information content (AvgIpc) is 3.59. The fraction of sp³-hybridized carbons (Fsp3) is 0.240. The van der Waals surface area contributed by atoms with Crippen LogP contribution in [-0.4, -0.2) is 60.9 Å². The van der Waals surface area contributed by atoms with Gasteiger partial charge >= 0.3 is 12.1 Å². The minimum Gasteiger partial charge on any atom is -0.478 e. The van der Waals surface area contributed by atoms with Crippen molar-refractivity contribution in [3.05, 3.63) is 74.4 Å². The van der Waals surface area contributed by atoms with E-state index in [9.17, 15) is 36.3 Å². The number of sulfonamides is 1. The van der Waals surface area contributed by atoms with E-state index >= 15 is 0 Å². The van der Waals surface area contributed by atoms with Crippen molar-refractivity contribution in [1.82, 2.24) is 14.6 Å². The highest BCUT2D eigenvalue weighted by Crippen LogP contribution is 2.40. The van der Waals surface area contributed by atoms with Crippen LogP contribution >= 0.6 is 34.3 Å². The number of piperazine rings is 1. The monoisotopic (exact) mass is 644 g/mol. The van der Waals surface area contributed by atoms with E-state index in [1.54, 1.807) is 30.3 Å². The Kier molecular flexibility index (Phi) is 8.00. The third kappa shape index (κ3) is 6.04. The number of nitrogens with one attached hydrogen (secondary N) is 1. The number of hydrogen-bond acceptors (Lipinski definition) is 8. The smallest absolute Gasteiger partial charge is 0.417 e. The van der Waals surface area contributed by atoms with E-state index in [1.807, 2.05) is 0 Å². The average molecular weight is 645 g/mol. The van der Waals surface area contributed by atoms with Crippen molar-refractivity contribution in [3.8, 4) is 0 Å². The predicted molar refractivity (Wildman–Crippen MR) is 149 cm³/mol. The highest BCUT2D eigenvalue weighted by atomic mass is 35.5. The number of carboxylic acid groups (broad SMARTS) is 1. The zero-order chi connectivity index (χ0) is 29.5. The Morgan fingerprint density at radius 3 is 2.39 bits per heavy atom. The highest BCUT2D eigenvalue weighted by Gasteiger charge is 2.37. The van der Waals surface area contributed by atoms with Crippen molar-refractivity contribution >= 4 is 72.2 Å². The highest BCUT2D eigenvalue weighted by molar-refractivity contribution is 7.91. The number of fused-ring (bicyclic) bond motifs is 1. The molecule has 9 nitrogen and oxygen atoms in total. The summed E-state index contributed by atoms with van der Waals surface area (Å²) < 4.78 is 68.9. The van der Waals surface area contributed by atoms with Crippen molar-refractivity contribution < 1.29 is 36.3 Å². The van der Waals surface area contributed by atoms with Crippen molar-refractivity contribution in [1.29, 1.82) is 0 Å². The van der Waals surface area contributed by atoms with Crippen molar-refractivity contribution in [2.75, 3.05) is 31.1 Å². The summed E-state index contributed by atoms with van der Waals surface area (Å²) in [6.07, 6.45) is -4.73. The molecule has 0 spiro atoms. The molecule has 0 saturated carbocycles. The number of carbonyl (C=O) groups excluding carboxylic acids is 1. The number of benzene rings is 1. The minimum atomic E-state index is -4.73. The van der Waals surface area contributed by atoms with Crippen molar-refractivity contribution in [2.24, 2.45) is 0 Å². The molecular formula is C25H20ClF3N4O5S3. The third-order valence-electron chi connectivity index (χ3n) is 6.37. The molecule has 16 heteroatoms. The summed E-state index contributed by atoms with van der Waals surface area (Å²) in [4.78, 5) is 30.2. The lowest BCUT2D eigenvalue weighted by molar-refractivity contribution is -0.136. The molecule has 1 aliphatic rings. The fourth-order valence-corrected chi connectivity index (χ4v) is 8.28. The van der Waals surface area contributed by atoms with Crippen LogP contribution in [0.1, 0.15) is 31.2 Å². The maximum absolute atomic E-state index is 13.8. The molecule has 0 atom stereocenters. The number of anilines is 1. The molecule has 41 heavy (non-hydrogen) atoms. The Bertz CT molecular complexity index is 1730. The van der Waals surface area contributed by atoms with Gasteiger partial charge in [0.05, 0.1) is 27.9 Å². The third-order valence-corrected chi connectivity index (χ3v) is 11.1. The van der Waals surface area contributed by atoms with E-state index in [4.69, 9.17) is 11.6 Å². The lowest BCUT2D eigenvalue weighted by Crippen LogP contribution is -2.48. The predicted octanol–water partition coefficient (Wildman–Crippen LogP) is 5.17. The number of thiophene rings is 2. The Morgan fingerprint density at radius 1 is 1.07 bits per heavy atom. The summed E-state index contributed by atoms with van der Waals surface area (Å²) in [6.45, 7) is 0.193. The van der Waals surface area contributed by atoms with Gasteiger partial charge in [-0.15, -0.1) is 22.7 Å². The molecule has 216 valence electrons. The second kappa shape index (κ2) is 11.2. The largest absolute Gasteiger partial charge is 0.478 e. The first-order valence-electron chi connectivity index (χ1n) is 11.9. The van der Waals surface area contributed by atoms with Crippen LogP contribution in [0, 0.1) is 0 Å². The maximum Gasteiger partial charge on any atom is 0.417 e. The van der Waals surface area contributed by atoms with Crippen LogP contribution in [0.25, 0.3) is 10.2 Å². The number of alkyl halides is 3. The maximum atomic E-state index is 13.8. The van der Waals surface area contributed by atoms with Crippen LogP contribution in [0.3, 0.4) is 0 Å². The van der Waals surface area contributed by atoms with Crippen molar-refractivity contribution in [2.45, 2.75) is 16.9 Å². The number of aromatic nitrogens is 1. The standard InChI is InChI=1S/C25H20ClF3N4O5S3/c26-15-3-1-14(2-4-15)23(34)30-12-16-5-6-20(40-16)41(37,38)33-9-7-32(8-10-33)19-11-18(25(27,28)29)22-21(31-19)17(13-39-22)24(35)36/h1-6,11,13H,7-10,12H2,(H,30,34)(H,35,36). The van der Waals surface area contributed by atoms with E-state index in [0.29, 0.717) is 26.8 Å². The molecule has 4 aromatic rings. The van der Waals surface area contributed by atoms with Crippen LogP contribution in [0.5, 0.6) is 0 Å². The number of carbonyl (C=O) groups is 2. The van der Waals surface area contributed by atoms with Crippen LogP contribution in [0.2, 0.25) is 5.02 Å². The zero-order valence-corrected chi connectivity index (χ0v) is 24.0. The summed E-state index contributed by atoms with van der Waals surface area (Å²) >= 11 is 7.51. The fourth-order valence-electron chi connectivity index (χ4n) is 4.27. The molecule has 2 N–H and O–H groups in total. The van der Waals surface area contributed by atoms with E-state index < -0.39 is 27.7 Å². The summed E-state index contributed by atoms with van der Waals surface area (Å²) in [5, 5.41) is 13.7. The quantitative estimate of drug-likeness (QED) is 0.285. The van der Waals surface area contributed by atoms with Crippen LogP contribution in [0.4, 0.5) is 19.0 Å². The molecule has 1 aromatic carbocycles. The van der Waals surface area contributed by atoms with E-state index in [2.05, 4.69) is 10.3 Å². The van der Waals surface area contributed by atoms with Gasteiger partial charge in [-0.3, -0.25) is 4.79 Å². The molecule has 1 fully saturated rings. The lowest BCUT2D eigenvalue weighted by Gasteiger charge is -2.34. The van der Waals surface area contributed by atoms with E-state index in [1.165, 1.54) is 15.3 Å². The molecule has 0 radical (unpaired) electrons. The number of halogens is 4. The topological polar surface area (TPSA) is 120 Å². The first-order chi connectivity index (χ1) is 19.3.